The SMILES string of the molecule is CC[N+](CC)(CC)Cc1ccccc1.NOCc1ccccc1. The van der Waals surface area contributed by atoms with Gasteiger partial charge in [0, 0.05) is 5.56 Å². The molecule has 0 amide bonds. The maximum absolute atomic E-state index is 4.86. The molecule has 23 heavy (non-hydrogen) atoms. The van der Waals surface area contributed by atoms with Gasteiger partial charge in [-0.25, -0.2) is 5.90 Å². The quantitative estimate of drug-likeness (QED) is 0.615. The monoisotopic (exact) mass is 315 g/mol. The predicted molar refractivity (Wildman–Crippen MR) is 97.4 cm³/mol. The van der Waals surface area contributed by atoms with Crippen LogP contribution in [0.2, 0.25) is 0 Å². The van der Waals surface area contributed by atoms with Crippen LogP contribution in [0.25, 0.3) is 0 Å². The van der Waals surface area contributed by atoms with E-state index in [4.69, 9.17) is 5.90 Å². The number of hydrogen-bond donors (Lipinski definition) is 1. The van der Waals surface area contributed by atoms with Gasteiger partial charge in [0.1, 0.15) is 6.54 Å². The second-order valence-corrected chi connectivity index (χ2v) is 5.73. The van der Waals surface area contributed by atoms with Crippen molar-refractivity contribution in [1.29, 1.82) is 0 Å². The summed E-state index contributed by atoms with van der Waals surface area (Å²) in [4.78, 5) is 4.43. The van der Waals surface area contributed by atoms with E-state index in [1.165, 1.54) is 36.2 Å². The molecule has 0 aliphatic heterocycles. The fourth-order valence-electron chi connectivity index (χ4n) is 2.65. The van der Waals surface area contributed by atoms with Crippen molar-refractivity contribution in [3.05, 3.63) is 71.8 Å². The van der Waals surface area contributed by atoms with E-state index < -0.39 is 0 Å². The third-order valence-electron chi connectivity index (χ3n) is 4.47. The van der Waals surface area contributed by atoms with Gasteiger partial charge in [-0.3, -0.25) is 4.84 Å². The van der Waals surface area contributed by atoms with Gasteiger partial charge in [-0.2, -0.15) is 0 Å². The van der Waals surface area contributed by atoms with E-state index in [2.05, 4.69) is 55.9 Å². The summed E-state index contributed by atoms with van der Waals surface area (Å²) in [7, 11) is 0. The lowest BCUT2D eigenvalue weighted by molar-refractivity contribution is -0.936. The molecule has 2 aromatic carbocycles. The molecule has 0 aromatic heterocycles. The molecule has 2 aromatic rings. The van der Waals surface area contributed by atoms with Gasteiger partial charge < -0.3 is 4.48 Å². The minimum Gasteiger partial charge on any atom is -0.321 e. The molecule has 0 fully saturated rings. The summed E-state index contributed by atoms with van der Waals surface area (Å²) in [6.45, 7) is 12.2. The van der Waals surface area contributed by atoms with Crippen molar-refractivity contribution in [2.75, 3.05) is 19.6 Å². The maximum atomic E-state index is 4.86. The van der Waals surface area contributed by atoms with Crippen LogP contribution in [0, 0.1) is 0 Å². The zero-order valence-corrected chi connectivity index (χ0v) is 14.7. The Bertz CT molecular complexity index is 501. The summed E-state index contributed by atoms with van der Waals surface area (Å²) in [5.74, 6) is 4.86. The topological polar surface area (TPSA) is 35.2 Å². The fraction of sp³-hybridized carbons (Fsp3) is 0.400. The zero-order chi connectivity index (χ0) is 17.0. The Labute approximate surface area is 141 Å². The number of hydrogen-bond acceptors (Lipinski definition) is 2. The predicted octanol–water partition coefficient (Wildman–Crippen LogP) is 4.14. The van der Waals surface area contributed by atoms with E-state index in [0.717, 1.165) is 5.56 Å². The number of benzene rings is 2. The van der Waals surface area contributed by atoms with Crippen molar-refractivity contribution in [3.8, 4) is 0 Å². The molecule has 2 N–H and O–H groups in total. The standard InChI is InChI=1S/C13H22N.C7H9NO/c1-4-14(5-2,6-3)12-13-10-8-7-9-11-13;8-9-6-7-4-2-1-3-5-7/h7-11H,4-6,12H2,1-3H3;1-5H,6,8H2/q+1;. The number of quaternary nitrogens is 1. The average molecular weight is 315 g/mol. The van der Waals surface area contributed by atoms with E-state index in [9.17, 15) is 0 Å². The summed E-state index contributed by atoms with van der Waals surface area (Å²) in [5.41, 5.74) is 2.55. The molecule has 3 nitrogen and oxygen atoms in total. The normalized spacial score (nSPS) is 10.8. The van der Waals surface area contributed by atoms with Gasteiger partial charge >= 0.3 is 0 Å². The average Bonchev–Trinajstić information content (AvgIpc) is 2.62. The van der Waals surface area contributed by atoms with Crippen molar-refractivity contribution in [2.45, 2.75) is 33.9 Å². The largest absolute Gasteiger partial charge is 0.321 e. The highest BCUT2D eigenvalue weighted by Gasteiger charge is 2.20. The van der Waals surface area contributed by atoms with Crippen LogP contribution in [0.3, 0.4) is 0 Å². The van der Waals surface area contributed by atoms with Crippen molar-refractivity contribution in [1.82, 2.24) is 0 Å². The van der Waals surface area contributed by atoms with Crippen LogP contribution < -0.4 is 5.90 Å². The molecule has 126 valence electrons. The molecule has 0 radical (unpaired) electrons. The molecule has 2 rings (SSSR count). The van der Waals surface area contributed by atoms with Crippen LogP contribution in [-0.4, -0.2) is 24.1 Å². The first-order chi connectivity index (χ1) is 11.2. The molecular weight excluding hydrogens is 284 g/mol. The van der Waals surface area contributed by atoms with Crippen molar-refractivity contribution < 1.29 is 9.32 Å². The molecule has 0 atom stereocenters. The Balaban J connectivity index is 0.000000253. The lowest BCUT2D eigenvalue weighted by atomic mass is 10.2. The van der Waals surface area contributed by atoms with Gasteiger partial charge in [-0.15, -0.1) is 0 Å². The van der Waals surface area contributed by atoms with E-state index >= 15 is 0 Å². The van der Waals surface area contributed by atoms with Crippen LogP contribution in [0.1, 0.15) is 31.9 Å². The first-order valence-corrected chi connectivity index (χ1v) is 8.44. The van der Waals surface area contributed by atoms with Crippen molar-refractivity contribution in [2.24, 2.45) is 5.90 Å². The summed E-state index contributed by atoms with van der Waals surface area (Å²) >= 11 is 0. The van der Waals surface area contributed by atoms with Gasteiger partial charge in [-0.05, 0) is 26.3 Å². The van der Waals surface area contributed by atoms with Crippen LogP contribution in [0.4, 0.5) is 0 Å². The third-order valence-corrected chi connectivity index (χ3v) is 4.47. The van der Waals surface area contributed by atoms with Gasteiger partial charge in [0.15, 0.2) is 0 Å². The Morgan fingerprint density at radius 2 is 1.17 bits per heavy atom. The second kappa shape index (κ2) is 10.9. The van der Waals surface area contributed by atoms with Crippen LogP contribution in [0.15, 0.2) is 60.7 Å². The lowest BCUT2D eigenvalue weighted by Gasteiger charge is -2.35. The van der Waals surface area contributed by atoms with Crippen LogP contribution >= 0.6 is 0 Å². The molecule has 0 bridgehead atoms. The van der Waals surface area contributed by atoms with Crippen LogP contribution in [-0.2, 0) is 18.0 Å². The molecular formula is C20H31N2O+. The van der Waals surface area contributed by atoms with E-state index in [-0.39, 0.29) is 0 Å². The zero-order valence-electron chi connectivity index (χ0n) is 14.7. The first kappa shape index (κ1) is 19.4. The van der Waals surface area contributed by atoms with Gasteiger partial charge in [0.2, 0.25) is 0 Å². The highest BCUT2D eigenvalue weighted by atomic mass is 16.6. The van der Waals surface area contributed by atoms with E-state index in [0.29, 0.717) is 6.61 Å². The van der Waals surface area contributed by atoms with Crippen molar-refractivity contribution in [3.63, 3.8) is 0 Å². The molecule has 0 aliphatic carbocycles. The van der Waals surface area contributed by atoms with E-state index in [1.807, 2.05) is 30.3 Å². The molecule has 0 unspecified atom stereocenters. The van der Waals surface area contributed by atoms with Gasteiger partial charge in [0.25, 0.3) is 0 Å². The number of nitrogens with two attached hydrogens (primary N) is 1. The minimum absolute atomic E-state index is 0.487. The summed E-state index contributed by atoms with van der Waals surface area (Å²) in [6.07, 6.45) is 0. The van der Waals surface area contributed by atoms with Crippen molar-refractivity contribution >= 4 is 0 Å². The third kappa shape index (κ3) is 6.95. The highest BCUT2D eigenvalue weighted by molar-refractivity contribution is 5.14. The molecule has 0 saturated carbocycles. The van der Waals surface area contributed by atoms with Gasteiger partial charge in [0.05, 0.1) is 26.2 Å². The molecule has 0 heterocycles. The summed E-state index contributed by atoms with van der Waals surface area (Å²) < 4.78 is 1.20. The Hall–Kier alpha value is -1.68. The molecule has 0 spiro atoms. The fourth-order valence-corrected chi connectivity index (χ4v) is 2.65. The smallest absolute Gasteiger partial charge is 0.104 e. The Morgan fingerprint density at radius 1 is 0.739 bits per heavy atom. The first-order valence-electron chi connectivity index (χ1n) is 8.44. The van der Waals surface area contributed by atoms with E-state index in [1.54, 1.807) is 0 Å². The Morgan fingerprint density at radius 3 is 1.57 bits per heavy atom. The molecule has 0 saturated heterocycles. The maximum Gasteiger partial charge on any atom is 0.104 e. The van der Waals surface area contributed by atoms with Crippen LogP contribution in [0.5, 0.6) is 0 Å². The number of rotatable bonds is 7. The highest BCUT2D eigenvalue weighted by Crippen LogP contribution is 2.13. The summed E-state index contributed by atoms with van der Waals surface area (Å²) in [6, 6.07) is 20.6. The Kier molecular flexibility index (Phi) is 9.22. The van der Waals surface area contributed by atoms with Gasteiger partial charge in [-0.1, -0.05) is 60.7 Å². The summed E-state index contributed by atoms with van der Waals surface area (Å²) in [5, 5.41) is 0. The molecule has 3 heteroatoms. The minimum atomic E-state index is 0.487. The second-order valence-electron chi connectivity index (χ2n) is 5.73. The number of nitrogens with zero attached hydrogens (tertiary/aromatic N) is 1. The molecule has 0 aliphatic rings. The lowest BCUT2D eigenvalue weighted by Crippen LogP contribution is -2.46.